The molecule has 0 fully saturated rings. The summed E-state index contributed by atoms with van der Waals surface area (Å²) in [4.78, 5) is 16.9. The van der Waals surface area contributed by atoms with E-state index in [0.29, 0.717) is 5.56 Å². The van der Waals surface area contributed by atoms with E-state index in [2.05, 4.69) is 34.6 Å². The molecule has 0 spiro atoms. The second-order valence-electron chi connectivity index (χ2n) is 6.46. The number of nitrogens with zero attached hydrogens (tertiary/aromatic N) is 1. The topological polar surface area (TPSA) is 68.0 Å². The van der Waals surface area contributed by atoms with Gasteiger partial charge in [0.1, 0.15) is 5.82 Å². The minimum Gasteiger partial charge on any atom is -0.383 e. The number of hydrogen-bond donors (Lipinski definition) is 2. The van der Waals surface area contributed by atoms with E-state index in [4.69, 9.17) is 5.73 Å². The number of pyridine rings is 1. The molecule has 1 aromatic heterocycles. The van der Waals surface area contributed by atoms with Crippen LogP contribution in [0.3, 0.4) is 0 Å². The summed E-state index contributed by atoms with van der Waals surface area (Å²) in [5.41, 5.74) is 9.47. The lowest BCUT2D eigenvalue weighted by atomic mass is 9.86. The van der Waals surface area contributed by atoms with Crippen LogP contribution in [0.25, 0.3) is 0 Å². The number of nitrogens with one attached hydrogen (secondary N) is 1. The number of hydrogen-bond acceptors (Lipinski definition) is 3. The molecule has 2 aromatic carbocycles. The molecule has 0 saturated carbocycles. The highest BCUT2D eigenvalue weighted by atomic mass is 16.1. The second-order valence-corrected chi connectivity index (χ2v) is 6.46. The number of aromatic nitrogens is 1. The molecule has 25 heavy (non-hydrogen) atoms. The lowest BCUT2D eigenvalue weighted by Gasteiger charge is -2.31. The van der Waals surface area contributed by atoms with Crippen LogP contribution in [0.1, 0.15) is 27.0 Å². The summed E-state index contributed by atoms with van der Waals surface area (Å²) in [6.45, 7) is 0. The van der Waals surface area contributed by atoms with Crippen LogP contribution in [0.5, 0.6) is 0 Å². The minimum absolute atomic E-state index is 0.192. The van der Waals surface area contributed by atoms with Gasteiger partial charge in [-0.1, -0.05) is 54.6 Å². The first-order chi connectivity index (χ1) is 12.2. The molecule has 124 valence electrons. The van der Waals surface area contributed by atoms with E-state index in [9.17, 15) is 4.79 Å². The van der Waals surface area contributed by atoms with Crippen LogP contribution in [0.15, 0.2) is 72.9 Å². The SMILES string of the molecule is Nc1ncccc1C(=O)NC1(c2ccccc2)Cc2ccccc2C1. The van der Waals surface area contributed by atoms with Gasteiger partial charge in [-0.05, 0) is 28.8 Å². The van der Waals surface area contributed by atoms with Crippen LogP contribution in [0.2, 0.25) is 0 Å². The Balaban J connectivity index is 1.73. The fourth-order valence-electron chi connectivity index (χ4n) is 3.63. The van der Waals surface area contributed by atoms with Crippen molar-refractivity contribution in [3.63, 3.8) is 0 Å². The number of anilines is 1. The number of nitrogen functional groups attached to an aromatic ring is 1. The predicted octanol–water partition coefficient (Wildman–Crippen LogP) is 3.09. The highest BCUT2D eigenvalue weighted by molar-refractivity contribution is 5.98. The Morgan fingerprint density at radius 1 is 0.920 bits per heavy atom. The maximum Gasteiger partial charge on any atom is 0.255 e. The average Bonchev–Trinajstić information content (AvgIpc) is 3.02. The molecule has 4 nitrogen and oxygen atoms in total. The van der Waals surface area contributed by atoms with E-state index in [1.165, 1.54) is 11.1 Å². The van der Waals surface area contributed by atoms with Crippen LogP contribution < -0.4 is 11.1 Å². The number of carbonyl (C=O) groups excluding carboxylic acids is 1. The molecule has 4 rings (SSSR count). The number of benzene rings is 2. The van der Waals surface area contributed by atoms with Crippen molar-refractivity contribution in [2.24, 2.45) is 0 Å². The molecule has 0 aliphatic heterocycles. The Labute approximate surface area is 146 Å². The van der Waals surface area contributed by atoms with E-state index in [-0.39, 0.29) is 11.7 Å². The maximum atomic E-state index is 12.9. The van der Waals surface area contributed by atoms with E-state index in [1.807, 2.05) is 30.3 Å². The number of rotatable bonds is 3. The van der Waals surface area contributed by atoms with Gasteiger partial charge in [0.15, 0.2) is 0 Å². The highest BCUT2D eigenvalue weighted by Crippen LogP contribution is 2.38. The summed E-state index contributed by atoms with van der Waals surface area (Å²) in [7, 11) is 0. The van der Waals surface area contributed by atoms with Gasteiger partial charge in [0.05, 0.1) is 11.1 Å². The molecule has 1 heterocycles. The zero-order valence-corrected chi connectivity index (χ0v) is 13.8. The van der Waals surface area contributed by atoms with Crippen molar-refractivity contribution in [3.05, 3.63) is 95.2 Å². The van der Waals surface area contributed by atoms with E-state index < -0.39 is 5.54 Å². The third-order valence-corrected chi connectivity index (χ3v) is 4.87. The van der Waals surface area contributed by atoms with Crippen molar-refractivity contribution >= 4 is 11.7 Å². The molecule has 0 radical (unpaired) electrons. The first kappa shape index (κ1) is 15.4. The largest absolute Gasteiger partial charge is 0.383 e. The first-order valence-electron chi connectivity index (χ1n) is 8.33. The van der Waals surface area contributed by atoms with Crippen molar-refractivity contribution in [1.82, 2.24) is 10.3 Å². The first-order valence-corrected chi connectivity index (χ1v) is 8.33. The predicted molar refractivity (Wildman–Crippen MR) is 98.1 cm³/mol. The van der Waals surface area contributed by atoms with Crippen molar-refractivity contribution in [3.8, 4) is 0 Å². The van der Waals surface area contributed by atoms with Crippen LogP contribution in [0.4, 0.5) is 5.82 Å². The quantitative estimate of drug-likeness (QED) is 0.776. The van der Waals surface area contributed by atoms with Gasteiger partial charge < -0.3 is 11.1 Å². The third-order valence-electron chi connectivity index (χ3n) is 4.87. The normalized spacial score (nSPS) is 14.7. The van der Waals surface area contributed by atoms with Crippen molar-refractivity contribution in [2.45, 2.75) is 18.4 Å². The molecular formula is C21H19N3O. The fourth-order valence-corrected chi connectivity index (χ4v) is 3.63. The number of amides is 1. The Hall–Kier alpha value is -3.14. The van der Waals surface area contributed by atoms with E-state index >= 15 is 0 Å². The summed E-state index contributed by atoms with van der Waals surface area (Å²) in [6, 6.07) is 21.9. The molecule has 0 saturated heterocycles. The van der Waals surface area contributed by atoms with Crippen molar-refractivity contribution in [1.29, 1.82) is 0 Å². The second kappa shape index (κ2) is 6.06. The summed E-state index contributed by atoms with van der Waals surface area (Å²) >= 11 is 0. The van der Waals surface area contributed by atoms with Crippen molar-refractivity contribution < 1.29 is 4.79 Å². The van der Waals surface area contributed by atoms with Gasteiger partial charge in [0.2, 0.25) is 0 Å². The van der Waals surface area contributed by atoms with Gasteiger partial charge in [0.25, 0.3) is 5.91 Å². The molecule has 3 aromatic rings. The minimum atomic E-state index is -0.468. The molecule has 0 bridgehead atoms. The molecule has 1 aliphatic rings. The Kier molecular flexibility index (Phi) is 3.73. The van der Waals surface area contributed by atoms with Gasteiger partial charge in [-0.15, -0.1) is 0 Å². The van der Waals surface area contributed by atoms with Crippen LogP contribution in [-0.2, 0) is 18.4 Å². The third kappa shape index (κ3) is 2.76. The molecular weight excluding hydrogens is 310 g/mol. The monoisotopic (exact) mass is 329 g/mol. The lowest BCUT2D eigenvalue weighted by Crippen LogP contribution is -2.47. The highest BCUT2D eigenvalue weighted by Gasteiger charge is 2.40. The molecule has 0 unspecified atom stereocenters. The fraction of sp³-hybridized carbons (Fsp3) is 0.143. The summed E-state index contributed by atoms with van der Waals surface area (Å²) in [6.07, 6.45) is 3.11. The molecule has 0 atom stereocenters. The Morgan fingerprint density at radius 2 is 1.56 bits per heavy atom. The molecule has 4 heteroatoms. The van der Waals surface area contributed by atoms with Crippen LogP contribution >= 0.6 is 0 Å². The standard InChI is InChI=1S/C21H19N3O/c22-19-18(11-6-12-23-19)20(25)24-21(17-9-2-1-3-10-17)13-15-7-4-5-8-16(15)14-21/h1-12H,13-14H2,(H2,22,23)(H,24,25). The van der Waals surface area contributed by atoms with E-state index in [0.717, 1.165) is 18.4 Å². The van der Waals surface area contributed by atoms with Crippen LogP contribution in [-0.4, -0.2) is 10.9 Å². The lowest BCUT2D eigenvalue weighted by molar-refractivity contribution is 0.0900. The number of fused-ring (bicyclic) bond motifs is 1. The van der Waals surface area contributed by atoms with Gasteiger partial charge in [0, 0.05) is 19.0 Å². The molecule has 1 aliphatic carbocycles. The van der Waals surface area contributed by atoms with Crippen LogP contribution in [0, 0.1) is 0 Å². The number of carbonyl (C=O) groups is 1. The Bertz CT molecular complexity index is 896. The average molecular weight is 329 g/mol. The van der Waals surface area contributed by atoms with Gasteiger partial charge in [-0.25, -0.2) is 4.98 Å². The smallest absolute Gasteiger partial charge is 0.255 e. The summed E-state index contributed by atoms with van der Waals surface area (Å²) in [5, 5.41) is 3.25. The summed E-state index contributed by atoms with van der Waals surface area (Å²) in [5.74, 6) is 0.0565. The molecule has 1 amide bonds. The number of nitrogens with two attached hydrogens (primary N) is 1. The van der Waals surface area contributed by atoms with Gasteiger partial charge in [-0.2, -0.15) is 0 Å². The zero-order valence-electron chi connectivity index (χ0n) is 13.8. The van der Waals surface area contributed by atoms with Gasteiger partial charge in [-0.3, -0.25) is 4.79 Å². The van der Waals surface area contributed by atoms with Gasteiger partial charge >= 0.3 is 0 Å². The maximum absolute atomic E-state index is 12.9. The zero-order chi connectivity index (χ0) is 17.3. The molecule has 3 N–H and O–H groups in total. The Morgan fingerprint density at radius 3 is 2.20 bits per heavy atom. The van der Waals surface area contributed by atoms with Crippen molar-refractivity contribution in [2.75, 3.05) is 5.73 Å². The summed E-state index contributed by atoms with van der Waals surface area (Å²) < 4.78 is 0. The van der Waals surface area contributed by atoms with E-state index in [1.54, 1.807) is 18.3 Å².